The van der Waals surface area contributed by atoms with Crippen LogP contribution in [0.15, 0.2) is 45.3 Å². The van der Waals surface area contributed by atoms with Crippen LogP contribution >= 0.6 is 34.8 Å². The van der Waals surface area contributed by atoms with Crippen molar-refractivity contribution in [1.82, 2.24) is 10.1 Å². The van der Waals surface area contributed by atoms with E-state index in [0.29, 0.717) is 31.7 Å². The number of halogens is 3. The molecule has 4 rings (SSSR count). The topological polar surface area (TPSA) is 90.4 Å². The van der Waals surface area contributed by atoms with Gasteiger partial charge in [-0.3, -0.25) is 5.32 Å². The first-order valence-electron chi connectivity index (χ1n) is 7.83. The summed E-state index contributed by atoms with van der Waals surface area (Å²) in [6.45, 7) is 0. The lowest BCUT2D eigenvalue weighted by Crippen LogP contribution is -2.05. The number of oxazole rings is 1. The molecule has 0 amide bonds. The van der Waals surface area contributed by atoms with E-state index in [4.69, 9.17) is 48.5 Å². The van der Waals surface area contributed by atoms with Gasteiger partial charge in [0.1, 0.15) is 11.2 Å². The lowest BCUT2D eigenvalue weighted by atomic mass is 10.1. The van der Waals surface area contributed by atoms with E-state index in [1.54, 1.807) is 36.4 Å². The Bertz CT molecular complexity index is 1180. The van der Waals surface area contributed by atoms with Gasteiger partial charge in [-0.1, -0.05) is 46.0 Å². The first kappa shape index (κ1) is 18.6. The Hall–Kier alpha value is -2.74. The lowest BCUT2D eigenvalue weighted by Gasteiger charge is -2.06. The van der Waals surface area contributed by atoms with Gasteiger partial charge in [0.25, 0.3) is 0 Å². The molecule has 2 heterocycles. The summed E-state index contributed by atoms with van der Waals surface area (Å²) in [7, 11) is 1.23. The molecule has 2 aromatic heterocycles. The van der Waals surface area contributed by atoms with Gasteiger partial charge in [-0.05, 0) is 30.3 Å². The highest BCUT2D eigenvalue weighted by molar-refractivity contribution is 6.39. The number of aromatic nitrogens is 2. The van der Waals surface area contributed by atoms with Gasteiger partial charge in [0.2, 0.25) is 5.88 Å². The van der Waals surface area contributed by atoms with Crippen molar-refractivity contribution in [2.45, 2.75) is 0 Å². The van der Waals surface area contributed by atoms with Crippen LogP contribution < -0.4 is 5.32 Å². The highest BCUT2D eigenvalue weighted by atomic mass is 35.5. The molecule has 0 saturated carbocycles. The third-order valence-corrected chi connectivity index (χ3v) is 4.72. The van der Waals surface area contributed by atoms with Gasteiger partial charge in [0.15, 0.2) is 11.1 Å². The molecular formula is C18H10Cl3N3O4. The third kappa shape index (κ3) is 3.28. The Morgan fingerprint density at radius 2 is 1.89 bits per heavy atom. The number of anilines is 2. The molecule has 7 nitrogen and oxygen atoms in total. The van der Waals surface area contributed by atoms with Crippen LogP contribution in [0.4, 0.5) is 11.9 Å². The predicted molar refractivity (Wildman–Crippen MR) is 106 cm³/mol. The number of methoxy groups -OCH3 is 1. The number of carbonyl (C=O) groups excluding carboxylic acids is 1. The summed E-state index contributed by atoms with van der Waals surface area (Å²) < 4.78 is 15.7. The molecule has 0 spiro atoms. The summed E-state index contributed by atoms with van der Waals surface area (Å²) in [6, 6.07) is 9.98. The van der Waals surface area contributed by atoms with Crippen LogP contribution in [-0.2, 0) is 4.74 Å². The first-order valence-corrected chi connectivity index (χ1v) is 8.97. The maximum absolute atomic E-state index is 12.4. The van der Waals surface area contributed by atoms with Crippen LogP contribution in [0.3, 0.4) is 0 Å². The number of ether oxygens (including phenoxy) is 1. The van der Waals surface area contributed by atoms with E-state index < -0.39 is 5.97 Å². The Labute approximate surface area is 173 Å². The van der Waals surface area contributed by atoms with Gasteiger partial charge in [-0.15, -0.1) is 0 Å². The van der Waals surface area contributed by atoms with Crippen molar-refractivity contribution < 1.29 is 18.5 Å². The van der Waals surface area contributed by atoms with Crippen molar-refractivity contribution in [2.75, 3.05) is 12.4 Å². The molecule has 2 aromatic carbocycles. The van der Waals surface area contributed by atoms with Crippen molar-refractivity contribution in [3.63, 3.8) is 0 Å². The number of hydrogen-bond acceptors (Lipinski definition) is 7. The van der Waals surface area contributed by atoms with Crippen molar-refractivity contribution in [2.24, 2.45) is 0 Å². The maximum atomic E-state index is 12.4. The largest absolute Gasteiger partial charge is 0.465 e. The van der Waals surface area contributed by atoms with E-state index in [9.17, 15) is 4.79 Å². The van der Waals surface area contributed by atoms with Gasteiger partial charge in [0.05, 0.1) is 17.2 Å². The fourth-order valence-corrected chi connectivity index (χ4v) is 3.36. The molecule has 28 heavy (non-hydrogen) atoms. The Morgan fingerprint density at radius 3 is 2.61 bits per heavy atom. The number of nitrogens with one attached hydrogen (secondary N) is 1. The molecule has 142 valence electrons. The molecule has 0 atom stereocenters. The van der Waals surface area contributed by atoms with Crippen molar-refractivity contribution in [3.8, 4) is 11.3 Å². The minimum Gasteiger partial charge on any atom is -0.465 e. The predicted octanol–water partition coefficient (Wildman–Crippen LogP) is 5.97. The van der Waals surface area contributed by atoms with E-state index >= 15 is 0 Å². The zero-order chi connectivity index (χ0) is 19.8. The van der Waals surface area contributed by atoms with E-state index in [1.165, 1.54) is 7.11 Å². The van der Waals surface area contributed by atoms with Crippen LogP contribution in [-0.4, -0.2) is 23.2 Å². The molecule has 0 aliphatic carbocycles. The minimum absolute atomic E-state index is 0.00205. The number of benzene rings is 2. The van der Waals surface area contributed by atoms with Crippen LogP contribution in [0.2, 0.25) is 15.1 Å². The SMILES string of the molecule is COC(=O)c1c(-c2c(Cl)cccc2Cl)noc1Nc1nc2cc(Cl)ccc2o1. The highest BCUT2D eigenvalue weighted by Gasteiger charge is 2.28. The minimum atomic E-state index is -0.700. The third-order valence-electron chi connectivity index (χ3n) is 3.85. The molecule has 0 aliphatic heterocycles. The van der Waals surface area contributed by atoms with Crippen molar-refractivity contribution in [3.05, 3.63) is 57.0 Å². The monoisotopic (exact) mass is 437 g/mol. The molecule has 0 saturated heterocycles. The van der Waals surface area contributed by atoms with E-state index in [2.05, 4.69) is 15.5 Å². The lowest BCUT2D eigenvalue weighted by molar-refractivity contribution is 0.0602. The van der Waals surface area contributed by atoms with Crippen LogP contribution in [0.1, 0.15) is 10.4 Å². The van der Waals surface area contributed by atoms with Crippen LogP contribution in [0, 0.1) is 0 Å². The van der Waals surface area contributed by atoms with Gasteiger partial charge in [0, 0.05) is 10.6 Å². The van der Waals surface area contributed by atoms with Gasteiger partial charge >= 0.3 is 12.0 Å². The summed E-state index contributed by atoms with van der Waals surface area (Å²) in [4.78, 5) is 16.7. The maximum Gasteiger partial charge on any atom is 0.345 e. The second kappa shape index (κ2) is 7.35. The quantitative estimate of drug-likeness (QED) is 0.392. The standard InChI is InChI=1S/C18H10Cl3N3O4/c1-26-17(25)14-15(13-9(20)3-2-4-10(13)21)24-28-16(14)23-18-22-11-7-8(19)5-6-12(11)27-18/h2-7H,1H3,(H,22,23). The number of esters is 1. The second-order valence-electron chi connectivity index (χ2n) is 5.58. The highest BCUT2D eigenvalue weighted by Crippen LogP contribution is 2.39. The summed E-state index contributed by atoms with van der Waals surface area (Å²) in [5, 5.41) is 7.84. The molecule has 1 N–H and O–H groups in total. The zero-order valence-electron chi connectivity index (χ0n) is 14.1. The molecule has 10 heteroatoms. The van der Waals surface area contributed by atoms with E-state index in [1.807, 2.05) is 0 Å². The molecule has 0 bridgehead atoms. The van der Waals surface area contributed by atoms with Crippen molar-refractivity contribution in [1.29, 1.82) is 0 Å². The summed E-state index contributed by atoms with van der Waals surface area (Å²) >= 11 is 18.4. The van der Waals surface area contributed by atoms with Gasteiger partial charge < -0.3 is 13.7 Å². The van der Waals surface area contributed by atoms with Gasteiger partial charge in [-0.25, -0.2) is 4.79 Å². The molecule has 0 unspecified atom stereocenters. The van der Waals surface area contributed by atoms with Gasteiger partial charge in [-0.2, -0.15) is 4.98 Å². The summed E-state index contributed by atoms with van der Waals surface area (Å²) in [5.74, 6) is -0.732. The molecule has 4 aromatic rings. The van der Waals surface area contributed by atoms with Crippen LogP contribution in [0.25, 0.3) is 22.4 Å². The number of rotatable bonds is 4. The summed E-state index contributed by atoms with van der Waals surface area (Å²) in [5.41, 5.74) is 1.50. The fraction of sp³-hybridized carbons (Fsp3) is 0.0556. The number of carbonyl (C=O) groups is 1. The van der Waals surface area contributed by atoms with E-state index in [0.717, 1.165) is 0 Å². The smallest absolute Gasteiger partial charge is 0.345 e. The normalized spacial score (nSPS) is 11.0. The zero-order valence-corrected chi connectivity index (χ0v) is 16.4. The first-order chi connectivity index (χ1) is 13.5. The fourth-order valence-electron chi connectivity index (χ4n) is 2.61. The Morgan fingerprint density at radius 1 is 1.14 bits per heavy atom. The molecule has 0 aliphatic rings. The number of fused-ring (bicyclic) bond motifs is 1. The summed E-state index contributed by atoms with van der Waals surface area (Å²) in [6.07, 6.45) is 0. The molecular weight excluding hydrogens is 429 g/mol. The molecule has 0 radical (unpaired) electrons. The second-order valence-corrected chi connectivity index (χ2v) is 6.83. The number of nitrogens with zero attached hydrogens (tertiary/aromatic N) is 2. The van der Waals surface area contributed by atoms with Crippen LogP contribution in [0.5, 0.6) is 0 Å². The average Bonchev–Trinajstić information content (AvgIpc) is 3.24. The Kier molecular flexibility index (Phi) is 4.89. The Balaban J connectivity index is 1.81. The molecule has 0 fully saturated rings. The number of hydrogen-bond donors (Lipinski definition) is 1. The van der Waals surface area contributed by atoms with Crippen molar-refractivity contribution >= 4 is 63.8 Å². The van der Waals surface area contributed by atoms with E-state index in [-0.39, 0.29) is 23.2 Å². The average molecular weight is 439 g/mol.